The van der Waals surface area contributed by atoms with Crippen LogP contribution in [0.3, 0.4) is 0 Å². The zero-order valence-corrected chi connectivity index (χ0v) is 18.8. The zero-order chi connectivity index (χ0) is 24.6. The molecule has 1 aromatic carbocycles. The van der Waals surface area contributed by atoms with Crippen molar-refractivity contribution in [3.63, 3.8) is 0 Å². The maximum atomic E-state index is 13.0. The number of nitro benzene ring substituents is 2. The number of hydrogen-bond donors (Lipinski definition) is 0. The first-order valence-corrected chi connectivity index (χ1v) is 10.5. The predicted octanol–water partition coefficient (Wildman–Crippen LogP) is 2.37. The van der Waals surface area contributed by atoms with Gasteiger partial charge >= 0.3 is 0 Å². The molecular formula is C21H22N8O5. The van der Waals surface area contributed by atoms with Crippen LogP contribution in [0.5, 0.6) is 0 Å². The SMILES string of the molecule is Cc1nc(N2CCN(C(=O)c3cc([N+](=O)[O-])cc([N+](=O)[O-])c3)CC2)cc(-n2cnc(C)c2C)n1. The molecule has 0 aliphatic carbocycles. The van der Waals surface area contributed by atoms with Gasteiger partial charge in [-0.25, -0.2) is 15.0 Å². The summed E-state index contributed by atoms with van der Waals surface area (Å²) in [6, 6.07) is 4.84. The fourth-order valence-corrected chi connectivity index (χ4v) is 3.80. The van der Waals surface area contributed by atoms with E-state index in [4.69, 9.17) is 0 Å². The molecule has 0 spiro atoms. The van der Waals surface area contributed by atoms with Crippen LogP contribution in [0.25, 0.3) is 5.82 Å². The Morgan fingerprint density at radius 3 is 2.00 bits per heavy atom. The van der Waals surface area contributed by atoms with Crippen molar-refractivity contribution in [3.05, 3.63) is 73.6 Å². The first-order valence-electron chi connectivity index (χ1n) is 10.5. The molecular weight excluding hydrogens is 444 g/mol. The molecule has 176 valence electrons. The number of carbonyl (C=O) groups is 1. The van der Waals surface area contributed by atoms with Gasteiger partial charge in [0.2, 0.25) is 0 Å². The average Bonchev–Trinajstić information content (AvgIpc) is 3.16. The summed E-state index contributed by atoms with van der Waals surface area (Å²) in [6.07, 6.45) is 1.71. The van der Waals surface area contributed by atoms with Gasteiger partial charge in [0.05, 0.1) is 27.2 Å². The van der Waals surface area contributed by atoms with E-state index in [1.807, 2.05) is 29.4 Å². The average molecular weight is 466 g/mol. The van der Waals surface area contributed by atoms with Crippen LogP contribution in [0.4, 0.5) is 17.2 Å². The van der Waals surface area contributed by atoms with Gasteiger partial charge in [0.15, 0.2) is 0 Å². The van der Waals surface area contributed by atoms with Gasteiger partial charge in [0.1, 0.15) is 23.8 Å². The van der Waals surface area contributed by atoms with Crippen LogP contribution in [-0.2, 0) is 0 Å². The lowest BCUT2D eigenvalue weighted by atomic mass is 10.1. The number of aryl methyl sites for hydroxylation is 2. The number of piperazine rings is 1. The highest BCUT2D eigenvalue weighted by Crippen LogP contribution is 2.25. The summed E-state index contributed by atoms with van der Waals surface area (Å²) in [4.78, 5) is 50.6. The van der Waals surface area contributed by atoms with E-state index in [9.17, 15) is 25.0 Å². The molecule has 34 heavy (non-hydrogen) atoms. The van der Waals surface area contributed by atoms with Gasteiger partial charge in [0.25, 0.3) is 17.3 Å². The van der Waals surface area contributed by atoms with Crippen LogP contribution in [0, 0.1) is 41.0 Å². The van der Waals surface area contributed by atoms with Crippen molar-refractivity contribution in [1.29, 1.82) is 0 Å². The van der Waals surface area contributed by atoms with E-state index in [1.165, 1.54) is 4.90 Å². The third-order valence-corrected chi connectivity index (χ3v) is 5.77. The topological polar surface area (TPSA) is 153 Å². The molecule has 3 aromatic rings. The first kappa shape index (κ1) is 22.8. The van der Waals surface area contributed by atoms with Crippen LogP contribution in [0.15, 0.2) is 30.6 Å². The fourth-order valence-electron chi connectivity index (χ4n) is 3.80. The Labute approximate surface area is 194 Å². The second kappa shape index (κ2) is 8.84. The number of benzene rings is 1. The number of amides is 1. The zero-order valence-electron chi connectivity index (χ0n) is 18.8. The highest BCUT2D eigenvalue weighted by Gasteiger charge is 2.27. The number of non-ortho nitro benzene ring substituents is 2. The second-order valence-corrected chi connectivity index (χ2v) is 7.95. The van der Waals surface area contributed by atoms with Crippen LogP contribution < -0.4 is 4.90 Å². The number of imidazole rings is 1. The van der Waals surface area contributed by atoms with Crippen molar-refractivity contribution in [3.8, 4) is 5.82 Å². The summed E-state index contributed by atoms with van der Waals surface area (Å²) < 4.78 is 1.89. The fraction of sp³-hybridized carbons (Fsp3) is 0.333. The predicted molar refractivity (Wildman–Crippen MR) is 121 cm³/mol. The first-order chi connectivity index (χ1) is 16.1. The molecule has 1 fully saturated rings. The Morgan fingerprint density at radius 2 is 1.47 bits per heavy atom. The largest absolute Gasteiger partial charge is 0.353 e. The summed E-state index contributed by atoms with van der Waals surface area (Å²) >= 11 is 0. The molecule has 0 N–H and O–H groups in total. The summed E-state index contributed by atoms with van der Waals surface area (Å²) in [7, 11) is 0. The van der Waals surface area contributed by atoms with E-state index >= 15 is 0 Å². The molecule has 13 nitrogen and oxygen atoms in total. The summed E-state index contributed by atoms with van der Waals surface area (Å²) in [5, 5.41) is 22.3. The number of rotatable bonds is 5. The molecule has 0 radical (unpaired) electrons. The molecule has 4 rings (SSSR count). The third kappa shape index (κ3) is 4.40. The van der Waals surface area contributed by atoms with E-state index in [0.29, 0.717) is 43.6 Å². The highest BCUT2D eigenvalue weighted by atomic mass is 16.6. The number of anilines is 1. The molecule has 1 saturated heterocycles. The molecule has 0 bridgehead atoms. The molecule has 0 atom stereocenters. The monoisotopic (exact) mass is 466 g/mol. The molecule has 1 aliphatic rings. The van der Waals surface area contributed by atoms with Crippen LogP contribution in [-0.4, -0.2) is 66.4 Å². The lowest BCUT2D eigenvalue weighted by molar-refractivity contribution is -0.394. The van der Waals surface area contributed by atoms with Gasteiger partial charge in [-0.05, 0) is 20.8 Å². The molecule has 2 aromatic heterocycles. The summed E-state index contributed by atoms with van der Waals surface area (Å²) in [5.41, 5.74) is 0.813. The molecule has 0 unspecified atom stereocenters. The minimum atomic E-state index is -0.750. The smallest absolute Gasteiger partial charge is 0.277 e. The maximum absolute atomic E-state index is 13.0. The van der Waals surface area contributed by atoms with Crippen molar-refractivity contribution < 1.29 is 14.6 Å². The van der Waals surface area contributed by atoms with Crippen molar-refractivity contribution in [1.82, 2.24) is 24.4 Å². The van der Waals surface area contributed by atoms with Gasteiger partial charge in [-0.3, -0.25) is 29.6 Å². The van der Waals surface area contributed by atoms with Gasteiger partial charge in [-0.2, -0.15) is 0 Å². The Morgan fingerprint density at radius 1 is 0.882 bits per heavy atom. The van der Waals surface area contributed by atoms with Gasteiger partial charge in [0, 0.05) is 50.1 Å². The Kier molecular flexibility index (Phi) is 5.92. The molecule has 13 heteroatoms. The van der Waals surface area contributed by atoms with Crippen molar-refractivity contribution in [2.24, 2.45) is 0 Å². The number of nitro groups is 2. The van der Waals surface area contributed by atoms with Crippen LogP contribution in [0.2, 0.25) is 0 Å². The quantitative estimate of drug-likeness (QED) is 0.407. The number of nitrogens with zero attached hydrogens (tertiary/aromatic N) is 8. The summed E-state index contributed by atoms with van der Waals surface area (Å²) in [6.45, 7) is 7.30. The summed E-state index contributed by atoms with van der Waals surface area (Å²) in [5.74, 6) is 1.52. The van der Waals surface area contributed by atoms with Gasteiger partial charge in [-0.1, -0.05) is 0 Å². The number of aromatic nitrogens is 4. The molecule has 1 amide bonds. The van der Waals surface area contributed by atoms with E-state index in [-0.39, 0.29) is 5.56 Å². The van der Waals surface area contributed by atoms with Crippen molar-refractivity contribution >= 4 is 23.1 Å². The number of hydrogen-bond acceptors (Lipinski definition) is 9. The maximum Gasteiger partial charge on any atom is 0.277 e. The number of carbonyl (C=O) groups excluding carboxylic acids is 1. The second-order valence-electron chi connectivity index (χ2n) is 7.95. The Hall–Kier alpha value is -4.42. The lowest BCUT2D eigenvalue weighted by Crippen LogP contribution is -2.49. The minimum Gasteiger partial charge on any atom is -0.353 e. The highest BCUT2D eigenvalue weighted by molar-refractivity contribution is 5.95. The normalized spacial score (nSPS) is 13.7. The third-order valence-electron chi connectivity index (χ3n) is 5.77. The molecule has 0 saturated carbocycles. The lowest BCUT2D eigenvalue weighted by Gasteiger charge is -2.35. The van der Waals surface area contributed by atoms with Crippen LogP contribution >= 0.6 is 0 Å². The molecule has 3 heterocycles. The Balaban J connectivity index is 1.52. The van der Waals surface area contributed by atoms with Crippen molar-refractivity contribution in [2.45, 2.75) is 20.8 Å². The van der Waals surface area contributed by atoms with Crippen LogP contribution in [0.1, 0.15) is 27.6 Å². The van der Waals surface area contributed by atoms with E-state index in [1.54, 1.807) is 13.3 Å². The minimum absolute atomic E-state index is 0.0829. The van der Waals surface area contributed by atoms with Gasteiger partial charge < -0.3 is 9.80 Å². The van der Waals surface area contributed by atoms with E-state index < -0.39 is 27.1 Å². The standard InChI is InChI=1S/C21H22N8O5/c1-13-14(2)27(12-22-13)20-11-19(23-15(3)24-20)25-4-6-26(7-5-25)21(30)16-8-17(28(31)32)10-18(9-16)29(33)34/h8-12H,4-7H2,1-3H3. The van der Waals surface area contributed by atoms with Crippen molar-refractivity contribution in [2.75, 3.05) is 31.1 Å². The van der Waals surface area contributed by atoms with Gasteiger partial charge in [-0.15, -0.1) is 0 Å². The van der Waals surface area contributed by atoms with E-state index in [2.05, 4.69) is 15.0 Å². The Bertz CT molecular complexity index is 1260. The van der Waals surface area contributed by atoms with E-state index in [0.717, 1.165) is 29.6 Å². The molecule has 1 aliphatic heterocycles.